The molecule has 7 heteroatoms. The van der Waals surface area contributed by atoms with Crippen molar-refractivity contribution in [1.82, 2.24) is 9.88 Å². The zero-order chi connectivity index (χ0) is 18.5. The second kappa shape index (κ2) is 8.40. The molecule has 1 aliphatic rings. The number of rotatable bonds is 6. The molecule has 0 radical (unpaired) electrons. The van der Waals surface area contributed by atoms with E-state index in [4.69, 9.17) is 9.52 Å². The number of carbonyl (C=O) groups is 2. The maximum Gasteiger partial charge on any atom is 0.306 e. The first-order valence-corrected chi connectivity index (χ1v) is 9.78. The highest BCUT2D eigenvalue weighted by Gasteiger charge is 2.32. The predicted molar refractivity (Wildman–Crippen MR) is 99.6 cm³/mol. The minimum Gasteiger partial charge on any atom is -0.481 e. The van der Waals surface area contributed by atoms with E-state index in [2.05, 4.69) is 4.98 Å². The van der Waals surface area contributed by atoms with E-state index < -0.39 is 5.97 Å². The third-order valence-electron chi connectivity index (χ3n) is 4.62. The van der Waals surface area contributed by atoms with Crippen LogP contribution >= 0.6 is 11.8 Å². The van der Waals surface area contributed by atoms with Gasteiger partial charge in [0.25, 0.3) is 0 Å². The molecular weight excluding hydrogens is 352 g/mol. The van der Waals surface area contributed by atoms with Crippen molar-refractivity contribution < 1.29 is 19.1 Å². The molecular formula is C19H22N2O4S. The first kappa shape index (κ1) is 18.5. The lowest BCUT2D eigenvalue weighted by Gasteiger charge is -2.34. The van der Waals surface area contributed by atoms with Gasteiger partial charge in [-0.05, 0) is 24.5 Å². The number of piperidine rings is 1. The average Bonchev–Trinajstić information content (AvgIpc) is 3.11. The second-order valence-electron chi connectivity index (χ2n) is 6.55. The number of carbonyl (C=O) groups excluding carboxylic acids is 1. The van der Waals surface area contributed by atoms with Gasteiger partial charge in [0.2, 0.25) is 11.8 Å². The van der Waals surface area contributed by atoms with Crippen LogP contribution in [-0.2, 0) is 15.3 Å². The van der Waals surface area contributed by atoms with Gasteiger partial charge in [0.1, 0.15) is 6.26 Å². The zero-order valence-corrected chi connectivity index (χ0v) is 15.4. The zero-order valence-electron chi connectivity index (χ0n) is 14.6. The second-order valence-corrected chi connectivity index (χ2v) is 7.54. The van der Waals surface area contributed by atoms with Crippen LogP contribution < -0.4 is 0 Å². The molecule has 1 aliphatic heterocycles. The quantitative estimate of drug-likeness (QED) is 0.836. The predicted octanol–water partition coefficient (Wildman–Crippen LogP) is 3.14. The number of carboxylic acid groups (broad SMARTS) is 1. The van der Waals surface area contributed by atoms with E-state index in [1.807, 2.05) is 37.3 Å². The SMILES string of the molecule is CC1CN(C(=O)CSCc2coc(-c3ccccc3)n2)CCC1C(=O)O. The van der Waals surface area contributed by atoms with Crippen LogP contribution in [0, 0.1) is 11.8 Å². The molecule has 1 saturated heterocycles. The number of oxazole rings is 1. The first-order chi connectivity index (χ1) is 12.5. The Morgan fingerprint density at radius 3 is 2.81 bits per heavy atom. The van der Waals surface area contributed by atoms with E-state index >= 15 is 0 Å². The molecule has 2 unspecified atom stereocenters. The van der Waals surface area contributed by atoms with Crippen molar-refractivity contribution in [2.45, 2.75) is 19.1 Å². The van der Waals surface area contributed by atoms with Crippen LogP contribution in [-0.4, -0.2) is 45.7 Å². The van der Waals surface area contributed by atoms with Gasteiger partial charge < -0.3 is 14.4 Å². The van der Waals surface area contributed by atoms with Crippen LogP contribution in [0.4, 0.5) is 0 Å². The summed E-state index contributed by atoms with van der Waals surface area (Å²) in [5.74, 6) is 0.465. The Bertz CT molecular complexity index is 762. The summed E-state index contributed by atoms with van der Waals surface area (Å²) in [6.07, 6.45) is 2.15. The van der Waals surface area contributed by atoms with Gasteiger partial charge in [0, 0.05) is 24.4 Å². The fourth-order valence-electron chi connectivity index (χ4n) is 3.16. The topological polar surface area (TPSA) is 83.6 Å². The summed E-state index contributed by atoms with van der Waals surface area (Å²) in [4.78, 5) is 29.7. The Kier molecular flexibility index (Phi) is 5.98. The minimum atomic E-state index is -0.765. The van der Waals surface area contributed by atoms with Gasteiger partial charge >= 0.3 is 5.97 Å². The number of likely N-dealkylation sites (tertiary alicyclic amines) is 1. The van der Waals surface area contributed by atoms with Crippen molar-refractivity contribution >= 4 is 23.6 Å². The molecule has 1 fully saturated rings. The Labute approximate surface area is 156 Å². The molecule has 0 saturated carbocycles. The highest BCUT2D eigenvalue weighted by Crippen LogP contribution is 2.25. The number of hydrogen-bond acceptors (Lipinski definition) is 5. The molecule has 6 nitrogen and oxygen atoms in total. The van der Waals surface area contributed by atoms with Crippen molar-refractivity contribution in [3.05, 3.63) is 42.3 Å². The molecule has 0 aliphatic carbocycles. The van der Waals surface area contributed by atoms with E-state index in [0.29, 0.717) is 36.9 Å². The molecule has 1 amide bonds. The van der Waals surface area contributed by atoms with Gasteiger partial charge in [-0.15, -0.1) is 11.8 Å². The molecule has 2 heterocycles. The molecule has 0 spiro atoms. The van der Waals surface area contributed by atoms with Crippen LogP contribution in [0.3, 0.4) is 0 Å². The van der Waals surface area contributed by atoms with Crippen molar-refractivity contribution in [3.63, 3.8) is 0 Å². The summed E-state index contributed by atoms with van der Waals surface area (Å²) in [5.41, 5.74) is 1.73. The Morgan fingerprint density at radius 2 is 2.12 bits per heavy atom. The smallest absolute Gasteiger partial charge is 0.306 e. The van der Waals surface area contributed by atoms with Gasteiger partial charge in [0.15, 0.2) is 0 Å². The monoisotopic (exact) mass is 374 g/mol. The van der Waals surface area contributed by atoms with Crippen molar-refractivity contribution in [2.75, 3.05) is 18.8 Å². The standard InChI is InChI=1S/C19H22N2O4S/c1-13-9-21(8-7-16(13)19(23)24)17(22)12-26-11-15-10-25-18(20-15)14-5-3-2-4-6-14/h2-6,10,13,16H,7-9,11-12H2,1H3,(H,23,24). The largest absolute Gasteiger partial charge is 0.481 e. The average molecular weight is 374 g/mol. The van der Waals surface area contributed by atoms with E-state index in [1.54, 1.807) is 11.2 Å². The van der Waals surface area contributed by atoms with Crippen molar-refractivity contribution in [3.8, 4) is 11.5 Å². The number of carboxylic acids is 1. The molecule has 1 aromatic heterocycles. The summed E-state index contributed by atoms with van der Waals surface area (Å²) in [7, 11) is 0. The van der Waals surface area contributed by atoms with Crippen molar-refractivity contribution in [1.29, 1.82) is 0 Å². The fourth-order valence-corrected chi connectivity index (χ4v) is 3.96. The Morgan fingerprint density at radius 1 is 1.35 bits per heavy atom. The van der Waals surface area contributed by atoms with Crippen LogP contribution in [0.5, 0.6) is 0 Å². The van der Waals surface area contributed by atoms with E-state index in [9.17, 15) is 9.59 Å². The fraction of sp³-hybridized carbons (Fsp3) is 0.421. The van der Waals surface area contributed by atoms with Gasteiger partial charge in [0.05, 0.1) is 17.4 Å². The highest BCUT2D eigenvalue weighted by atomic mass is 32.2. The molecule has 3 rings (SSSR count). The number of thioether (sulfide) groups is 1. The first-order valence-electron chi connectivity index (χ1n) is 8.62. The Balaban J connectivity index is 1.46. The molecule has 2 aromatic rings. The normalized spacial score (nSPS) is 20.1. The molecule has 26 heavy (non-hydrogen) atoms. The third kappa shape index (κ3) is 4.46. The summed E-state index contributed by atoms with van der Waals surface area (Å²) >= 11 is 1.49. The number of nitrogens with zero attached hydrogens (tertiary/aromatic N) is 2. The number of aliphatic carboxylic acids is 1. The summed E-state index contributed by atoms with van der Waals surface area (Å²) in [6, 6.07) is 9.68. The molecule has 1 N–H and O–H groups in total. The van der Waals surface area contributed by atoms with E-state index in [1.165, 1.54) is 11.8 Å². The molecule has 2 atom stereocenters. The number of hydrogen-bond donors (Lipinski definition) is 1. The minimum absolute atomic E-state index is 0.0147. The lowest BCUT2D eigenvalue weighted by molar-refractivity contribution is -0.147. The molecule has 0 bridgehead atoms. The van der Waals surface area contributed by atoms with Gasteiger partial charge in [-0.25, -0.2) is 4.98 Å². The van der Waals surface area contributed by atoms with Gasteiger partial charge in [-0.3, -0.25) is 9.59 Å². The number of amides is 1. The Hall–Kier alpha value is -2.28. The van der Waals surface area contributed by atoms with Crippen LogP contribution in [0.1, 0.15) is 19.0 Å². The van der Waals surface area contributed by atoms with Gasteiger partial charge in [-0.2, -0.15) is 0 Å². The lowest BCUT2D eigenvalue weighted by Crippen LogP contribution is -2.45. The van der Waals surface area contributed by atoms with Gasteiger partial charge in [-0.1, -0.05) is 25.1 Å². The van der Waals surface area contributed by atoms with E-state index in [0.717, 1.165) is 11.3 Å². The summed E-state index contributed by atoms with van der Waals surface area (Å²) < 4.78 is 5.50. The highest BCUT2D eigenvalue weighted by molar-refractivity contribution is 7.99. The maximum absolute atomic E-state index is 12.4. The van der Waals surface area contributed by atoms with Crippen LogP contribution in [0.2, 0.25) is 0 Å². The summed E-state index contributed by atoms with van der Waals surface area (Å²) in [6.45, 7) is 2.92. The lowest BCUT2D eigenvalue weighted by atomic mass is 9.87. The molecule has 138 valence electrons. The third-order valence-corrected chi connectivity index (χ3v) is 5.57. The molecule has 1 aromatic carbocycles. The maximum atomic E-state index is 12.4. The number of aromatic nitrogens is 1. The van der Waals surface area contributed by atoms with E-state index in [-0.39, 0.29) is 17.7 Å². The van der Waals surface area contributed by atoms with Crippen LogP contribution in [0.25, 0.3) is 11.5 Å². The number of benzene rings is 1. The van der Waals surface area contributed by atoms with Crippen molar-refractivity contribution in [2.24, 2.45) is 11.8 Å². The van der Waals surface area contributed by atoms with Crippen LogP contribution in [0.15, 0.2) is 41.0 Å². The summed E-state index contributed by atoms with van der Waals surface area (Å²) in [5, 5.41) is 9.16.